The second-order valence-corrected chi connectivity index (χ2v) is 7.79. The Hall–Kier alpha value is -0.400. The lowest BCUT2D eigenvalue weighted by atomic mass is 10.2. The highest BCUT2D eigenvalue weighted by Gasteiger charge is 2.24. The molecule has 8 heteroatoms. The second-order valence-electron chi connectivity index (χ2n) is 5.00. The normalized spacial score (nSPS) is 17.6. The highest BCUT2D eigenvalue weighted by atomic mass is 79.9. The quantitative estimate of drug-likeness (QED) is 0.780. The van der Waals surface area contributed by atoms with Gasteiger partial charge in [-0.2, -0.15) is 0 Å². The van der Waals surface area contributed by atoms with Crippen LogP contribution in [-0.4, -0.2) is 24.1 Å². The first-order valence-electron chi connectivity index (χ1n) is 6.65. The highest BCUT2D eigenvalue weighted by molar-refractivity contribution is 9.11. The Bertz CT molecular complexity index is 640. The van der Waals surface area contributed by atoms with Crippen molar-refractivity contribution in [1.82, 2.24) is 10.3 Å². The first-order valence-corrected chi connectivity index (χ1v) is 8.64. The van der Waals surface area contributed by atoms with Gasteiger partial charge in [0.15, 0.2) is 5.13 Å². The Morgan fingerprint density at radius 3 is 3.00 bits per heavy atom. The van der Waals surface area contributed by atoms with Gasteiger partial charge in [0.1, 0.15) is 5.82 Å². The molecule has 1 atom stereocenters. The van der Waals surface area contributed by atoms with Gasteiger partial charge in [-0.05, 0) is 40.0 Å². The van der Waals surface area contributed by atoms with Crippen LogP contribution < -0.4 is 10.2 Å². The topological polar surface area (TPSA) is 28.2 Å². The molecule has 22 heavy (non-hydrogen) atoms. The predicted octanol–water partition coefficient (Wildman–Crippen LogP) is 4.49. The lowest BCUT2D eigenvalue weighted by Crippen LogP contribution is -2.32. The second kappa shape index (κ2) is 7.93. The van der Waals surface area contributed by atoms with Gasteiger partial charge in [0.25, 0.3) is 0 Å². The van der Waals surface area contributed by atoms with Crippen molar-refractivity contribution >= 4 is 56.4 Å². The number of rotatable bonds is 4. The van der Waals surface area contributed by atoms with Crippen LogP contribution >= 0.6 is 51.3 Å². The van der Waals surface area contributed by atoms with E-state index in [9.17, 15) is 4.39 Å². The van der Waals surface area contributed by atoms with Crippen molar-refractivity contribution in [1.29, 1.82) is 0 Å². The number of hydrogen-bond donors (Lipinski definition) is 1. The summed E-state index contributed by atoms with van der Waals surface area (Å²) in [6.45, 7) is 2.58. The highest BCUT2D eigenvalue weighted by Crippen LogP contribution is 2.29. The molecule has 1 aromatic carbocycles. The minimum atomic E-state index is -0.301. The summed E-state index contributed by atoms with van der Waals surface area (Å²) in [5.41, 5.74) is 0.925. The van der Waals surface area contributed by atoms with Crippen LogP contribution in [0.25, 0.3) is 0 Å². The van der Waals surface area contributed by atoms with E-state index in [0.717, 1.165) is 34.0 Å². The van der Waals surface area contributed by atoms with E-state index in [2.05, 4.69) is 31.1 Å². The fraction of sp³-hybridized carbons (Fsp3) is 0.357. The van der Waals surface area contributed by atoms with Gasteiger partial charge in [0, 0.05) is 30.7 Å². The van der Waals surface area contributed by atoms with Gasteiger partial charge in [-0.3, -0.25) is 0 Å². The number of aromatic nitrogens is 1. The maximum absolute atomic E-state index is 13.0. The van der Waals surface area contributed by atoms with E-state index >= 15 is 0 Å². The van der Waals surface area contributed by atoms with E-state index in [-0.39, 0.29) is 18.2 Å². The van der Waals surface area contributed by atoms with Gasteiger partial charge in [0.2, 0.25) is 0 Å². The van der Waals surface area contributed by atoms with Crippen LogP contribution in [0.15, 0.2) is 28.2 Å². The summed E-state index contributed by atoms with van der Waals surface area (Å²) < 4.78 is 14.1. The third-order valence-corrected chi connectivity index (χ3v) is 5.41. The third-order valence-electron chi connectivity index (χ3n) is 3.52. The van der Waals surface area contributed by atoms with Crippen molar-refractivity contribution in [3.05, 3.63) is 44.6 Å². The monoisotopic (exact) mass is 425 g/mol. The van der Waals surface area contributed by atoms with Gasteiger partial charge in [-0.25, -0.2) is 9.37 Å². The largest absolute Gasteiger partial charge is 0.346 e. The van der Waals surface area contributed by atoms with E-state index in [1.165, 1.54) is 12.1 Å². The molecule has 0 aliphatic carbocycles. The number of nitrogens with zero attached hydrogens (tertiary/aromatic N) is 2. The summed E-state index contributed by atoms with van der Waals surface area (Å²) in [7, 11) is 0. The molecule has 1 aliphatic heterocycles. The molecule has 120 valence electrons. The molecule has 1 fully saturated rings. The molecule has 1 aliphatic rings. The van der Waals surface area contributed by atoms with Crippen LogP contribution in [0.3, 0.4) is 0 Å². The molecule has 0 unspecified atom stereocenters. The molecule has 3 rings (SSSR count). The van der Waals surface area contributed by atoms with E-state index < -0.39 is 0 Å². The predicted molar refractivity (Wildman–Crippen MR) is 95.9 cm³/mol. The number of hydrogen-bond acceptors (Lipinski definition) is 4. The van der Waals surface area contributed by atoms with Crippen LogP contribution in [0.4, 0.5) is 9.52 Å². The Balaban J connectivity index is 0.00000176. The Morgan fingerprint density at radius 2 is 2.32 bits per heavy atom. The molecule has 1 aromatic heterocycles. The Morgan fingerprint density at radius 1 is 1.50 bits per heavy atom. The molecule has 2 heterocycles. The van der Waals surface area contributed by atoms with Crippen molar-refractivity contribution in [2.24, 2.45) is 0 Å². The number of anilines is 1. The SMILES string of the molecule is Cl.Fc1ccc(CN[C@H]2CCN(c3ncc(Br)s3)C2)c(Cl)c1. The molecule has 0 bridgehead atoms. The van der Waals surface area contributed by atoms with E-state index in [0.29, 0.717) is 17.6 Å². The van der Waals surface area contributed by atoms with E-state index in [1.54, 1.807) is 17.4 Å². The summed E-state index contributed by atoms with van der Waals surface area (Å²) in [5, 5.41) is 5.00. The van der Waals surface area contributed by atoms with Gasteiger partial charge in [-0.15, -0.1) is 12.4 Å². The Kier molecular flexibility index (Phi) is 6.46. The number of nitrogens with one attached hydrogen (secondary N) is 1. The molecule has 2 aromatic rings. The summed E-state index contributed by atoms with van der Waals surface area (Å²) in [6, 6.07) is 4.92. The van der Waals surface area contributed by atoms with Gasteiger partial charge < -0.3 is 10.2 Å². The minimum absolute atomic E-state index is 0. The van der Waals surface area contributed by atoms with Crippen molar-refractivity contribution < 1.29 is 4.39 Å². The van der Waals surface area contributed by atoms with Gasteiger partial charge >= 0.3 is 0 Å². The first-order chi connectivity index (χ1) is 10.1. The fourth-order valence-corrected chi connectivity index (χ4v) is 3.86. The maximum Gasteiger partial charge on any atom is 0.186 e. The molecule has 0 amide bonds. The Labute approximate surface area is 152 Å². The molecule has 3 nitrogen and oxygen atoms in total. The van der Waals surface area contributed by atoms with Crippen molar-refractivity contribution in [3.63, 3.8) is 0 Å². The van der Waals surface area contributed by atoms with E-state index in [4.69, 9.17) is 11.6 Å². The number of thiazole rings is 1. The maximum atomic E-state index is 13.0. The zero-order valence-electron chi connectivity index (χ0n) is 11.6. The summed E-state index contributed by atoms with van der Waals surface area (Å²) >= 11 is 11.1. The van der Waals surface area contributed by atoms with Crippen LogP contribution in [0, 0.1) is 5.82 Å². The zero-order valence-corrected chi connectivity index (χ0v) is 15.5. The van der Waals surface area contributed by atoms with Crippen LogP contribution in [0.2, 0.25) is 5.02 Å². The average molecular weight is 427 g/mol. The average Bonchev–Trinajstić information content (AvgIpc) is 3.06. The molecule has 1 saturated heterocycles. The first kappa shape index (κ1) is 17.9. The molecular weight excluding hydrogens is 412 g/mol. The summed E-state index contributed by atoms with van der Waals surface area (Å²) in [5.74, 6) is -0.301. The third kappa shape index (κ3) is 4.32. The number of halogens is 4. The molecule has 1 N–H and O–H groups in total. The lowest BCUT2D eigenvalue weighted by Gasteiger charge is -2.16. The van der Waals surface area contributed by atoms with Crippen LogP contribution in [-0.2, 0) is 6.54 Å². The molecule has 0 spiro atoms. The number of benzene rings is 1. The van der Waals surface area contributed by atoms with Crippen LogP contribution in [0.1, 0.15) is 12.0 Å². The van der Waals surface area contributed by atoms with Crippen molar-refractivity contribution in [2.75, 3.05) is 18.0 Å². The fourth-order valence-electron chi connectivity index (χ4n) is 2.41. The van der Waals surface area contributed by atoms with E-state index in [1.807, 2.05) is 6.20 Å². The van der Waals surface area contributed by atoms with Gasteiger partial charge in [-0.1, -0.05) is 29.0 Å². The molecule has 0 radical (unpaired) electrons. The smallest absolute Gasteiger partial charge is 0.186 e. The van der Waals surface area contributed by atoms with Crippen molar-refractivity contribution in [3.8, 4) is 0 Å². The van der Waals surface area contributed by atoms with Gasteiger partial charge in [0.05, 0.1) is 9.98 Å². The van der Waals surface area contributed by atoms with Crippen LogP contribution in [0.5, 0.6) is 0 Å². The van der Waals surface area contributed by atoms with Crippen molar-refractivity contribution in [2.45, 2.75) is 19.0 Å². The summed E-state index contributed by atoms with van der Waals surface area (Å²) in [6.07, 6.45) is 2.90. The lowest BCUT2D eigenvalue weighted by molar-refractivity contribution is 0.550. The molecular formula is C14H15BrCl2FN3S. The molecule has 0 saturated carbocycles. The zero-order chi connectivity index (χ0) is 14.8. The standard InChI is InChI=1S/C14H14BrClFN3S.ClH/c15-13-7-19-14(21-13)20-4-3-11(8-20)18-6-9-1-2-10(17)5-12(9)16;/h1-2,5,7,11,18H,3-4,6,8H2;1H/t11-;/m0./s1. The minimum Gasteiger partial charge on any atom is -0.346 e. The summed E-state index contributed by atoms with van der Waals surface area (Å²) in [4.78, 5) is 6.66.